The SMILES string of the molecule is C[C@@H]1CN(c2ccc3c(-n4cncn4)noc3c2F)C[C@@H](C)O1. The molecule has 1 fully saturated rings. The van der Waals surface area contributed by atoms with Crippen molar-refractivity contribution >= 4 is 16.7 Å². The summed E-state index contributed by atoms with van der Waals surface area (Å²) < 4.78 is 27.3. The number of hydrogen-bond acceptors (Lipinski definition) is 6. The fraction of sp³-hybridized carbons (Fsp3) is 0.400. The lowest BCUT2D eigenvalue weighted by molar-refractivity contribution is -0.00538. The van der Waals surface area contributed by atoms with Crippen LogP contribution in [0, 0.1) is 5.82 Å². The van der Waals surface area contributed by atoms with Crippen LogP contribution in [0.15, 0.2) is 29.3 Å². The zero-order chi connectivity index (χ0) is 16.0. The third-order valence-electron chi connectivity index (χ3n) is 3.94. The first kappa shape index (κ1) is 14.1. The van der Waals surface area contributed by atoms with Crippen molar-refractivity contribution in [2.45, 2.75) is 26.1 Å². The van der Waals surface area contributed by atoms with Gasteiger partial charge in [-0.1, -0.05) is 5.16 Å². The summed E-state index contributed by atoms with van der Waals surface area (Å²) in [6, 6.07) is 3.55. The molecule has 23 heavy (non-hydrogen) atoms. The molecular formula is C15H16FN5O2. The minimum absolute atomic E-state index is 0.0503. The zero-order valence-electron chi connectivity index (χ0n) is 12.8. The summed E-state index contributed by atoms with van der Waals surface area (Å²) in [6.45, 7) is 5.24. The van der Waals surface area contributed by atoms with Crippen LogP contribution < -0.4 is 4.90 Å². The number of hydrogen-bond donors (Lipinski definition) is 0. The van der Waals surface area contributed by atoms with Crippen LogP contribution in [0.1, 0.15) is 13.8 Å². The zero-order valence-corrected chi connectivity index (χ0v) is 12.8. The van der Waals surface area contributed by atoms with E-state index in [0.717, 1.165) is 0 Å². The number of morpholine rings is 1. The molecule has 4 rings (SSSR count). The lowest BCUT2D eigenvalue weighted by Crippen LogP contribution is -2.45. The minimum Gasteiger partial charge on any atom is -0.372 e. The minimum atomic E-state index is -0.414. The maximum absolute atomic E-state index is 14.9. The highest BCUT2D eigenvalue weighted by Crippen LogP contribution is 2.31. The van der Waals surface area contributed by atoms with Crippen LogP contribution in [0.5, 0.6) is 0 Å². The second-order valence-electron chi connectivity index (χ2n) is 5.78. The predicted molar refractivity (Wildman–Crippen MR) is 81.1 cm³/mol. The lowest BCUT2D eigenvalue weighted by atomic mass is 10.1. The topological polar surface area (TPSA) is 69.2 Å². The molecule has 0 aliphatic carbocycles. The monoisotopic (exact) mass is 317 g/mol. The van der Waals surface area contributed by atoms with Crippen molar-refractivity contribution in [1.29, 1.82) is 0 Å². The van der Waals surface area contributed by atoms with Crippen molar-refractivity contribution in [3.8, 4) is 5.82 Å². The van der Waals surface area contributed by atoms with E-state index in [1.54, 1.807) is 12.1 Å². The second-order valence-corrected chi connectivity index (χ2v) is 5.78. The van der Waals surface area contributed by atoms with Gasteiger partial charge in [-0.25, -0.2) is 9.37 Å². The van der Waals surface area contributed by atoms with Gasteiger partial charge in [0.2, 0.25) is 11.4 Å². The Bertz CT molecular complexity index is 822. The Kier molecular flexibility index (Phi) is 3.26. The molecule has 7 nitrogen and oxygen atoms in total. The number of benzene rings is 1. The van der Waals surface area contributed by atoms with Crippen LogP contribution in [-0.4, -0.2) is 45.2 Å². The van der Waals surface area contributed by atoms with E-state index in [0.29, 0.717) is 30.0 Å². The number of halogens is 1. The van der Waals surface area contributed by atoms with Crippen molar-refractivity contribution < 1.29 is 13.7 Å². The fourth-order valence-corrected chi connectivity index (χ4v) is 3.05. The van der Waals surface area contributed by atoms with E-state index >= 15 is 0 Å². The highest BCUT2D eigenvalue weighted by atomic mass is 19.1. The van der Waals surface area contributed by atoms with Gasteiger partial charge in [-0.2, -0.15) is 9.78 Å². The first-order chi connectivity index (χ1) is 11.1. The van der Waals surface area contributed by atoms with Crippen LogP contribution in [0.25, 0.3) is 16.8 Å². The molecule has 1 aromatic carbocycles. The highest BCUT2D eigenvalue weighted by molar-refractivity contribution is 5.87. The molecule has 2 aromatic heterocycles. The molecule has 0 N–H and O–H groups in total. The predicted octanol–water partition coefficient (Wildman–Crippen LogP) is 2.16. The molecule has 3 heterocycles. The van der Waals surface area contributed by atoms with Gasteiger partial charge >= 0.3 is 0 Å². The normalized spacial score (nSPS) is 22.0. The molecule has 0 radical (unpaired) electrons. The average Bonchev–Trinajstić information content (AvgIpc) is 3.15. The highest BCUT2D eigenvalue weighted by Gasteiger charge is 2.26. The molecule has 8 heteroatoms. The van der Waals surface area contributed by atoms with E-state index in [2.05, 4.69) is 15.2 Å². The smallest absolute Gasteiger partial charge is 0.206 e. The maximum Gasteiger partial charge on any atom is 0.206 e. The van der Waals surface area contributed by atoms with Gasteiger partial charge in [-0.05, 0) is 26.0 Å². The van der Waals surface area contributed by atoms with Crippen molar-refractivity contribution in [1.82, 2.24) is 19.9 Å². The van der Waals surface area contributed by atoms with Gasteiger partial charge < -0.3 is 14.2 Å². The molecule has 2 atom stereocenters. The van der Waals surface area contributed by atoms with E-state index in [1.165, 1.54) is 17.3 Å². The molecule has 0 spiro atoms. The third-order valence-corrected chi connectivity index (χ3v) is 3.94. The van der Waals surface area contributed by atoms with Crippen molar-refractivity contribution in [2.75, 3.05) is 18.0 Å². The Morgan fingerprint density at radius 3 is 2.70 bits per heavy atom. The molecule has 1 aliphatic heterocycles. The van der Waals surface area contributed by atoms with Crippen LogP contribution in [-0.2, 0) is 4.74 Å². The number of rotatable bonds is 2. The van der Waals surface area contributed by atoms with E-state index in [-0.39, 0.29) is 17.8 Å². The molecule has 120 valence electrons. The maximum atomic E-state index is 14.9. The van der Waals surface area contributed by atoms with Gasteiger partial charge in [0.1, 0.15) is 12.7 Å². The van der Waals surface area contributed by atoms with Gasteiger partial charge in [0.25, 0.3) is 0 Å². The van der Waals surface area contributed by atoms with Crippen LogP contribution in [0.3, 0.4) is 0 Å². The standard InChI is InChI=1S/C15H16FN5O2/c1-9-5-20(6-10(2)22-9)12-4-3-11-14(13(12)16)23-19-15(11)21-8-17-7-18-21/h3-4,7-10H,5-6H2,1-2H3/t9-,10-/m1/s1. The van der Waals surface area contributed by atoms with Gasteiger partial charge in [-0.3, -0.25) is 0 Å². The summed E-state index contributed by atoms with van der Waals surface area (Å²) in [6.07, 6.45) is 2.99. The number of ether oxygens (including phenoxy) is 1. The summed E-state index contributed by atoms with van der Waals surface area (Å²) in [5.41, 5.74) is 0.626. The van der Waals surface area contributed by atoms with Crippen molar-refractivity contribution in [3.05, 3.63) is 30.6 Å². The second kappa shape index (κ2) is 5.31. The fourth-order valence-electron chi connectivity index (χ4n) is 3.05. The average molecular weight is 317 g/mol. The van der Waals surface area contributed by atoms with Gasteiger partial charge in [0, 0.05) is 13.1 Å². The molecule has 0 unspecified atom stereocenters. The molecule has 3 aromatic rings. The Balaban J connectivity index is 1.77. The van der Waals surface area contributed by atoms with Crippen LogP contribution in [0.4, 0.5) is 10.1 Å². The molecule has 0 amide bonds. The molecule has 0 saturated carbocycles. The van der Waals surface area contributed by atoms with Gasteiger partial charge in [0.05, 0.1) is 23.3 Å². The molecule has 0 bridgehead atoms. The van der Waals surface area contributed by atoms with Gasteiger partial charge in [0.15, 0.2) is 5.82 Å². The Morgan fingerprint density at radius 2 is 2.00 bits per heavy atom. The van der Waals surface area contributed by atoms with Gasteiger partial charge in [-0.15, -0.1) is 0 Å². The number of fused-ring (bicyclic) bond motifs is 1. The van der Waals surface area contributed by atoms with Crippen molar-refractivity contribution in [3.63, 3.8) is 0 Å². The number of anilines is 1. The molecular weight excluding hydrogens is 301 g/mol. The summed E-state index contributed by atoms with van der Waals surface area (Å²) >= 11 is 0. The van der Waals surface area contributed by atoms with Crippen LogP contribution in [0.2, 0.25) is 0 Å². The first-order valence-corrected chi connectivity index (χ1v) is 7.47. The van der Waals surface area contributed by atoms with Crippen molar-refractivity contribution in [2.24, 2.45) is 0 Å². The quantitative estimate of drug-likeness (QED) is 0.721. The van der Waals surface area contributed by atoms with Crippen LogP contribution >= 0.6 is 0 Å². The van der Waals surface area contributed by atoms with E-state index < -0.39 is 5.82 Å². The molecule has 1 aliphatic rings. The Morgan fingerprint density at radius 1 is 1.22 bits per heavy atom. The summed E-state index contributed by atoms with van der Waals surface area (Å²) in [5.74, 6) is 0.00864. The first-order valence-electron chi connectivity index (χ1n) is 7.47. The summed E-state index contributed by atoms with van der Waals surface area (Å²) in [7, 11) is 0. The van der Waals surface area contributed by atoms with E-state index in [9.17, 15) is 4.39 Å². The number of aromatic nitrogens is 4. The Hall–Kier alpha value is -2.48. The summed E-state index contributed by atoms with van der Waals surface area (Å²) in [4.78, 5) is 5.85. The van der Waals surface area contributed by atoms with E-state index in [1.807, 2.05) is 18.7 Å². The molecule has 1 saturated heterocycles. The third kappa shape index (κ3) is 2.35. The largest absolute Gasteiger partial charge is 0.372 e. The Labute approximate surface area is 131 Å². The summed E-state index contributed by atoms with van der Waals surface area (Å²) in [5, 5.41) is 8.48. The van der Waals surface area contributed by atoms with E-state index in [4.69, 9.17) is 9.26 Å². The lowest BCUT2D eigenvalue weighted by Gasteiger charge is -2.36. The number of nitrogens with zero attached hydrogens (tertiary/aromatic N) is 5.